The molecule has 2 aromatic rings. The molecule has 1 fully saturated rings. The molecule has 0 spiro atoms. The van der Waals surface area contributed by atoms with Crippen LogP contribution in [0.1, 0.15) is 53.3 Å². The van der Waals surface area contributed by atoms with Crippen molar-refractivity contribution >= 4 is 17.7 Å². The zero-order valence-electron chi connectivity index (χ0n) is 25.4. The van der Waals surface area contributed by atoms with E-state index in [2.05, 4.69) is 12.2 Å². The van der Waals surface area contributed by atoms with Gasteiger partial charge in [0.25, 0.3) is 11.8 Å². The van der Waals surface area contributed by atoms with E-state index < -0.39 is 6.17 Å². The lowest BCUT2D eigenvalue weighted by molar-refractivity contribution is -0.123. The number of hydrogen-bond acceptors (Lipinski definition) is 9. The van der Waals surface area contributed by atoms with Crippen molar-refractivity contribution in [3.8, 4) is 34.5 Å². The van der Waals surface area contributed by atoms with Crippen molar-refractivity contribution in [3.63, 3.8) is 0 Å². The Morgan fingerprint density at radius 2 is 1.19 bits per heavy atom. The van der Waals surface area contributed by atoms with Gasteiger partial charge in [-0.05, 0) is 30.7 Å². The number of nitrogens with one attached hydrogen (secondary N) is 1. The maximum atomic E-state index is 13.8. The van der Waals surface area contributed by atoms with Crippen LogP contribution in [0.3, 0.4) is 0 Å². The monoisotopic (exact) mass is 587 g/mol. The normalized spacial score (nSPS) is 14.6. The van der Waals surface area contributed by atoms with Gasteiger partial charge in [0.2, 0.25) is 17.4 Å². The van der Waals surface area contributed by atoms with E-state index in [1.54, 1.807) is 34.1 Å². The van der Waals surface area contributed by atoms with Gasteiger partial charge in [-0.15, -0.1) is 0 Å². The third kappa shape index (κ3) is 7.10. The molecular formula is C30H41N3O9. The lowest BCUT2D eigenvalue weighted by atomic mass is 10.1. The smallest absolute Gasteiger partial charge is 0.255 e. The standard InChI is InChI=1S/C30H41N3O9/c1-8-9-10-11-26(34)31-25-18-32(29(35)19-14-21(37-2)27(41-6)22(15-19)38-3)12-13-33(25)30(36)20-16-23(39-4)28(42-7)24(17-20)40-5/h14-17,25H,8-13,18H2,1-7H3,(H,31,34). The van der Waals surface area contributed by atoms with E-state index in [9.17, 15) is 14.4 Å². The highest BCUT2D eigenvalue weighted by Crippen LogP contribution is 2.40. The number of nitrogens with zero attached hydrogens (tertiary/aromatic N) is 2. The van der Waals surface area contributed by atoms with E-state index in [0.29, 0.717) is 52.0 Å². The molecule has 1 atom stereocenters. The van der Waals surface area contributed by atoms with E-state index in [1.165, 1.54) is 42.7 Å². The summed E-state index contributed by atoms with van der Waals surface area (Å²) in [6.45, 7) is 2.54. The zero-order valence-corrected chi connectivity index (χ0v) is 25.4. The fraction of sp³-hybridized carbons (Fsp3) is 0.500. The average molecular weight is 588 g/mol. The van der Waals surface area contributed by atoms with Crippen LogP contribution in [0.25, 0.3) is 0 Å². The molecular weight excluding hydrogens is 546 g/mol. The van der Waals surface area contributed by atoms with E-state index in [-0.39, 0.29) is 37.4 Å². The van der Waals surface area contributed by atoms with Crippen LogP contribution < -0.4 is 33.7 Å². The number of unbranched alkanes of at least 4 members (excludes halogenated alkanes) is 2. The highest BCUT2D eigenvalue weighted by atomic mass is 16.5. The lowest BCUT2D eigenvalue weighted by Gasteiger charge is -2.41. The van der Waals surface area contributed by atoms with Crippen LogP contribution >= 0.6 is 0 Å². The molecule has 0 radical (unpaired) electrons. The van der Waals surface area contributed by atoms with Crippen molar-refractivity contribution in [2.45, 2.75) is 38.8 Å². The molecule has 0 saturated carbocycles. The summed E-state index contributed by atoms with van der Waals surface area (Å²) in [5, 5.41) is 2.97. The number of methoxy groups -OCH3 is 6. The molecule has 3 amide bonds. The second-order valence-corrected chi connectivity index (χ2v) is 9.62. The molecule has 42 heavy (non-hydrogen) atoms. The highest BCUT2D eigenvalue weighted by Gasteiger charge is 2.35. The first-order chi connectivity index (χ1) is 20.3. The molecule has 12 heteroatoms. The van der Waals surface area contributed by atoms with Crippen LogP contribution in [0.15, 0.2) is 24.3 Å². The first-order valence-corrected chi connectivity index (χ1v) is 13.8. The molecule has 3 rings (SSSR count). The number of hydrogen-bond donors (Lipinski definition) is 1. The number of amides is 3. The van der Waals surface area contributed by atoms with Gasteiger partial charge in [0, 0.05) is 30.6 Å². The maximum Gasteiger partial charge on any atom is 0.255 e. The van der Waals surface area contributed by atoms with Crippen molar-refractivity contribution < 1.29 is 42.8 Å². The van der Waals surface area contributed by atoms with E-state index >= 15 is 0 Å². The summed E-state index contributed by atoms with van der Waals surface area (Å²) in [7, 11) is 8.86. The first kappa shape index (κ1) is 32.2. The number of ether oxygens (including phenoxy) is 6. The summed E-state index contributed by atoms with van der Waals surface area (Å²) in [6, 6.07) is 6.29. The lowest BCUT2D eigenvalue weighted by Crippen LogP contribution is -2.62. The molecule has 1 aliphatic rings. The Morgan fingerprint density at radius 3 is 1.62 bits per heavy atom. The average Bonchev–Trinajstić information content (AvgIpc) is 3.02. The van der Waals surface area contributed by atoms with Gasteiger partial charge in [-0.3, -0.25) is 14.4 Å². The van der Waals surface area contributed by atoms with Crippen molar-refractivity contribution in [2.75, 3.05) is 62.3 Å². The zero-order chi connectivity index (χ0) is 30.8. The predicted molar refractivity (Wildman–Crippen MR) is 155 cm³/mol. The molecule has 230 valence electrons. The fourth-order valence-electron chi connectivity index (χ4n) is 4.89. The van der Waals surface area contributed by atoms with Crippen LogP contribution in [-0.4, -0.2) is 96.0 Å². The molecule has 0 bridgehead atoms. The van der Waals surface area contributed by atoms with E-state index in [1.807, 2.05) is 0 Å². The quantitative estimate of drug-likeness (QED) is 0.351. The number of benzene rings is 2. The number of piperazine rings is 1. The van der Waals surface area contributed by atoms with Gasteiger partial charge in [-0.25, -0.2) is 0 Å². The SMILES string of the molecule is CCCCCC(=O)NC1CN(C(=O)c2cc(OC)c(OC)c(OC)c2)CCN1C(=O)c1cc(OC)c(OC)c(OC)c1. The molecule has 1 saturated heterocycles. The molecule has 2 aromatic carbocycles. The second kappa shape index (κ2) is 15.0. The van der Waals surface area contributed by atoms with Crippen molar-refractivity contribution in [3.05, 3.63) is 35.4 Å². The predicted octanol–water partition coefficient (Wildman–Crippen LogP) is 3.36. The summed E-state index contributed by atoms with van der Waals surface area (Å²) >= 11 is 0. The minimum absolute atomic E-state index is 0.0746. The van der Waals surface area contributed by atoms with E-state index in [0.717, 1.165) is 19.3 Å². The minimum Gasteiger partial charge on any atom is -0.493 e. The Labute approximate surface area is 246 Å². The van der Waals surface area contributed by atoms with Crippen LogP contribution in [0.2, 0.25) is 0 Å². The first-order valence-electron chi connectivity index (χ1n) is 13.8. The summed E-state index contributed by atoms with van der Waals surface area (Å²) in [5.74, 6) is 1.22. The Hall–Kier alpha value is -4.35. The summed E-state index contributed by atoms with van der Waals surface area (Å²) in [5.41, 5.74) is 0.612. The highest BCUT2D eigenvalue weighted by molar-refractivity contribution is 5.98. The van der Waals surface area contributed by atoms with Crippen LogP contribution in [-0.2, 0) is 4.79 Å². The van der Waals surface area contributed by atoms with Crippen molar-refractivity contribution in [1.29, 1.82) is 0 Å². The Balaban J connectivity index is 1.93. The topological polar surface area (TPSA) is 125 Å². The number of carbonyl (C=O) groups excluding carboxylic acids is 3. The fourth-order valence-corrected chi connectivity index (χ4v) is 4.89. The van der Waals surface area contributed by atoms with E-state index in [4.69, 9.17) is 28.4 Å². The molecule has 1 heterocycles. The summed E-state index contributed by atoms with van der Waals surface area (Å²) in [4.78, 5) is 43.6. The Bertz CT molecular complexity index is 1220. The molecule has 12 nitrogen and oxygen atoms in total. The van der Waals surface area contributed by atoms with Crippen LogP contribution in [0.5, 0.6) is 34.5 Å². The summed E-state index contributed by atoms with van der Waals surface area (Å²) < 4.78 is 32.4. The molecule has 1 unspecified atom stereocenters. The molecule has 0 aliphatic carbocycles. The third-order valence-corrected chi connectivity index (χ3v) is 7.09. The molecule has 1 aliphatic heterocycles. The minimum atomic E-state index is -0.773. The Morgan fingerprint density at radius 1 is 0.714 bits per heavy atom. The van der Waals surface area contributed by atoms with Gasteiger partial charge < -0.3 is 43.5 Å². The number of carbonyl (C=O) groups is 3. The van der Waals surface area contributed by atoms with Gasteiger partial charge in [0.15, 0.2) is 23.0 Å². The van der Waals surface area contributed by atoms with Crippen molar-refractivity contribution in [2.24, 2.45) is 0 Å². The van der Waals surface area contributed by atoms with Gasteiger partial charge in [0.05, 0.1) is 49.2 Å². The van der Waals surface area contributed by atoms with Crippen molar-refractivity contribution in [1.82, 2.24) is 15.1 Å². The molecule has 0 aromatic heterocycles. The molecule has 1 N–H and O–H groups in total. The largest absolute Gasteiger partial charge is 0.493 e. The van der Waals surface area contributed by atoms with Gasteiger partial charge in [-0.2, -0.15) is 0 Å². The van der Waals surface area contributed by atoms with Gasteiger partial charge in [0.1, 0.15) is 6.17 Å². The van der Waals surface area contributed by atoms with Crippen LogP contribution in [0.4, 0.5) is 0 Å². The van der Waals surface area contributed by atoms with Gasteiger partial charge >= 0.3 is 0 Å². The summed E-state index contributed by atoms with van der Waals surface area (Å²) in [6.07, 6.45) is 2.16. The maximum absolute atomic E-state index is 13.8. The Kier molecular flexibility index (Phi) is 11.5. The number of rotatable bonds is 13. The second-order valence-electron chi connectivity index (χ2n) is 9.62. The third-order valence-electron chi connectivity index (χ3n) is 7.09. The van der Waals surface area contributed by atoms with Gasteiger partial charge in [-0.1, -0.05) is 19.8 Å². The van der Waals surface area contributed by atoms with Crippen LogP contribution in [0, 0.1) is 0 Å².